The Balaban J connectivity index is 1.85. The van der Waals surface area contributed by atoms with E-state index >= 15 is 0 Å². The maximum Gasteiger partial charge on any atom is 0.244 e. The van der Waals surface area contributed by atoms with Gasteiger partial charge in [-0.05, 0) is 35.9 Å². The molecule has 0 aliphatic rings. The van der Waals surface area contributed by atoms with Crippen LogP contribution in [0.15, 0.2) is 57.6 Å². The monoisotopic (exact) mass is 305 g/mol. The first-order valence-corrected chi connectivity index (χ1v) is 6.27. The van der Waals surface area contributed by atoms with Crippen LogP contribution in [0.3, 0.4) is 0 Å². The van der Waals surface area contributed by atoms with Gasteiger partial charge in [-0.1, -0.05) is 28.1 Å². The number of halogens is 1. The van der Waals surface area contributed by atoms with Crippen molar-refractivity contribution in [2.24, 2.45) is 0 Å². The van der Waals surface area contributed by atoms with Crippen molar-refractivity contribution >= 4 is 27.9 Å². The van der Waals surface area contributed by atoms with Gasteiger partial charge in [0.25, 0.3) is 0 Å². The molecule has 0 unspecified atom stereocenters. The van der Waals surface area contributed by atoms with Crippen molar-refractivity contribution in [2.75, 3.05) is 0 Å². The highest BCUT2D eigenvalue weighted by Crippen LogP contribution is 2.11. The lowest BCUT2D eigenvalue weighted by atomic mass is 10.2. The molecule has 18 heavy (non-hydrogen) atoms. The van der Waals surface area contributed by atoms with E-state index < -0.39 is 0 Å². The van der Waals surface area contributed by atoms with Crippen LogP contribution < -0.4 is 5.32 Å². The Hall–Kier alpha value is -1.81. The number of carbonyl (C=O) groups excluding carboxylic acids is 1. The first-order valence-electron chi connectivity index (χ1n) is 5.48. The molecule has 2 aromatic rings. The third-order valence-corrected chi connectivity index (χ3v) is 2.84. The molecule has 1 heterocycles. The molecule has 0 saturated heterocycles. The third-order valence-electron chi connectivity index (χ3n) is 2.31. The lowest BCUT2D eigenvalue weighted by Crippen LogP contribution is -2.19. The molecule has 0 bridgehead atoms. The summed E-state index contributed by atoms with van der Waals surface area (Å²) >= 11 is 3.36. The number of benzene rings is 1. The van der Waals surface area contributed by atoms with E-state index in [2.05, 4.69) is 21.2 Å². The Kier molecular flexibility index (Phi) is 4.36. The molecular formula is C14H12BrNO2. The van der Waals surface area contributed by atoms with E-state index in [-0.39, 0.29) is 5.91 Å². The Morgan fingerprint density at radius 1 is 1.28 bits per heavy atom. The molecule has 0 radical (unpaired) electrons. The quantitative estimate of drug-likeness (QED) is 0.880. The second kappa shape index (κ2) is 6.21. The Morgan fingerprint density at radius 3 is 2.72 bits per heavy atom. The standard InChI is InChI=1S/C14H12BrNO2/c15-12-6-3-11(4-7-12)5-8-14(17)16-10-13-2-1-9-18-13/h1-9H,10H2,(H,16,17)/b8-5-. The van der Waals surface area contributed by atoms with E-state index in [1.807, 2.05) is 30.3 Å². The number of carbonyl (C=O) groups is 1. The van der Waals surface area contributed by atoms with Gasteiger partial charge in [-0.25, -0.2) is 0 Å². The summed E-state index contributed by atoms with van der Waals surface area (Å²) in [5.41, 5.74) is 0.978. The van der Waals surface area contributed by atoms with Gasteiger partial charge < -0.3 is 9.73 Å². The molecular weight excluding hydrogens is 294 g/mol. The fourth-order valence-corrected chi connectivity index (χ4v) is 1.66. The molecule has 1 amide bonds. The summed E-state index contributed by atoms with van der Waals surface area (Å²) in [6, 6.07) is 11.3. The average molecular weight is 306 g/mol. The fraction of sp³-hybridized carbons (Fsp3) is 0.0714. The van der Waals surface area contributed by atoms with Crippen molar-refractivity contribution in [1.82, 2.24) is 5.32 Å². The lowest BCUT2D eigenvalue weighted by molar-refractivity contribution is -0.116. The van der Waals surface area contributed by atoms with Crippen molar-refractivity contribution < 1.29 is 9.21 Å². The molecule has 3 nitrogen and oxygen atoms in total. The van der Waals surface area contributed by atoms with Gasteiger partial charge in [-0.3, -0.25) is 4.79 Å². The van der Waals surface area contributed by atoms with Crippen LogP contribution in [-0.4, -0.2) is 5.91 Å². The average Bonchev–Trinajstić information content (AvgIpc) is 2.89. The van der Waals surface area contributed by atoms with Gasteiger partial charge in [0.2, 0.25) is 5.91 Å². The second-order valence-corrected chi connectivity index (χ2v) is 4.60. The largest absolute Gasteiger partial charge is 0.467 e. The highest BCUT2D eigenvalue weighted by atomic mass is 79.9. The summed E-state index contributed by atoms with van der Waals surface area (Å²) in [6.07, 6.45) is 4.86. The van der Waals surface area contributed by atoms with Gasteiger partial charge in [0, 0.05) is 10.5 Å². The molecule has 1 aromatic heterocycles. The zero-order valence-corrected chi connectivity index (χ0v) is 11.2. The van der Waals surface area contributed by atoms with Gasteiger partial charge in [0.05, 0.1) is 12.8 Å². The maximum atomic E-state index is 11.5. The zero-order chi connectivity index (χ0) is 12.8. The number of amides is 1. The van der Waals surface area contributed by atoms with Gasteiger partial charge in [0.15, 0.2) is 0 Å². The van der Waals surface area contributed by atoms with Crippen molar-refractivity contribution in [3.05, 3.63) is 64.5 Å². The van der Waals surface area contributed by atoms with Gasteiger partial charge >= 0.3 is 0 Å². The number of rotatable bonds is 4. The minimum absolute atomic E-state index is 0.144. The number of furan rings is 1. The van der Waals surface area contributed by atoms with E-state index in [0.717, 1.165) is 15.8 Å². The SMILES string of the molecule is O=C(/C=C\c1ccc(Br)cc1)NCc1ccco1. The summed E-state index contributed by atoms with van der Waals surface area (Å²) in [7, 11) is 0. The van der Waals surface area contributed by atoms with E-state index in [1.165, 1.54) is 6.08 Å². The second-order valence-electron chi connectivity index (χ2n) is 3.68. The van der Waals surface area contributed by atoms with Crippen LogP contribution in [0, 0.1) is 0 Å². The summed E-state index contributed by atoms with van der Waals surface area (Å²) in [6.45, 7) is 0.399. The Bertz CT molecular complexity index is 529. The first kappa shape index (κ1) is 12.6. The van der Waals surface area contributed by atoms with Crippen molar-refractivity contribution in [2.45, 2.75) is 6.54 Å². The van der Waals surface area contributed by atoms with E-state index in [0.29, 0.717) is 6.54 Å². The Morgan fingerprint density at radius 2 is 2.06 bits per heavy atom. The first-order chi connectivity index (χ1) is 8.74. The number of nitrogens with one attached hydrogen (secondary N) is 1. The van der Waals surface area contributed by atoms with Gasteiger partial charge in [-0.15, -0.1) is 0 Å². The minimum Gasteiger partial charge on any atom is -0.467 e. The lowest BCUT2D eigenvalue weighted by Gasteiger charge is -1.98. The van der Waals surface area contributed by atoms with E-state index in [1.54, 1.807) is 18.4 Å². The van der Waals surface area contributed by atoms with Gasteiger partial charge in [0.1, 0.15) is 5.76 Å². The number of hydrogen-bond acceptors (Lipinski definition) is 2. The van der Waals surface area contributed by atoms with Crippen LogP contribution in [0.4, 0.5) is 0 Å². The number of hydrogen-bond donors (Lipinski definition) is 1. The summed E-state index contributed by atoms with van der Waals surface area (Å²) < 4.78 is 6.13. The minimum atomic E-state index is -0.144. The van der Waals surface area contributed by atoms with Crippen LogP contribution >= 0.6 is 15.9 Å². The molecule has 0 spiro atoms. The molecule has 0 aliphatic carbocycles. The summed E-state index contributed by atoms with van der Waals surface area (Å²) in [4.78, 5) is 11.5. The molecule has 2 rings (SSSR count). The summed E-state index contributed by atoms with van der Waals surface area (Å²) in [5, 5.41) is 2.74. The molecule has 0 saturated carbocycles. The molecule has 0 fully saturated rings. The van der Waals surface area contributed by atoms with Gasteiger partial charge in [-0.2, -0.15) is 0 Å². The Labute approximate surface area is 114 Å². The highest BCUT2D eigenvalue weighted by molar-refractivity contribution is 9.10. The topological polar surface area (TPSA) is 42.2 Å². The molecule has 4 heteroatoms. The fourth-order valence-electron chi connectivity index (χ4n) is 1.39. The molecule has 1 aromatic carbocycles. The van der Waals surface area contributed by atoms with Crippen LogP contribution in [0.1, 0.15) is 11.3 Å². The van der Waals surface area contributed by atoms with Crippen molar-refractivity contribution in [1.29, 1.82) is 0 Å². The normalized spacial score (nSPS) is 10.7. The molecule has 92 valence electrons. The summed E-state index contributed by atoms with van der Waals surface area (Å²) in [5.74, 6) is 0.592. The van der Waals surface area contributed by atoms with Crippen molar-refractivity contribution in [3.63, 3.8) is 0 Å². The van der Waals surface area contributed by atoms with Crippen molar-refractivity contribution in [3.8, 4) is 0 Å². The highest BCUT2D eigenvalue weighted by Gasteiger charge is 1.98. The zero-order valence-electron chi connectivity index (χ0n) is 9.60. The predicted molar refractivity (Wildman–Crippen MR) is 73.7 cm³/mol. The van der Waals surface area contributed by atoms with Crippen LogP contribution in [0.5, 0.6) is 0 Å². The molecule has 0 aliphatic heterocycles. The van der Waals surface area contributed by atoms with E-state index in [4.69, 9.17) is 4.42 Å². The van der Waals surface area contributed by atoms with Crippen LogP contribution in [0.25, 0.3) is 6.08 Å². The smallest absolute Gasteiger partial charge is 0.244 e. The maximum absolute atomic E-state index is 11.5. The van der Waals surface area contributed by atoms with Crippen LogP contribution in [0.2, 0.25) is 0 Å². The van der Waals surface area contributed by atoms with Crippen LogP contribution in [-0.2, 0) is 11.3 Å². The molecule has 0 atom stereocenters. The third kappa shape index (κ3) is 3.89. The molecule has 1 N–H and O–H groups in total. The predicted octanol–water partition coefficient (Wildman–Crippen LogP) is 3.37. The van der Waals surface area contributed by atoms with E-state index in [9.17, 15) is 4.79 Å².